The summed E-state index contributed by atoms with van der Waals surface area (Å²) in [4.78, 5) is 12.4. The van der Waals surface area contributed by atoms with Gasteiger partial charge in [0.05, 0.1) is 0 Å². The number of hydrogen-bond acceptors (Lipinski definition) is 5. The highest BCUT2D eigenvalue weighted by Crippen LogP contribution is 2.31. The van der Waals surface area contributed by atoms with Crippen molar-refractivity contribution in [1.29, 1.82) is 0 Å². The van der Waals surface area contributed by atoms with Crippen LogP contribution in [0, 0.1) is 0 Å². The standard InChI is InChI=1S/C22H18O5/c23-22(21-15-24-19-12-6-7-13-20(19)27-21)25-14-16-8-4-5-11-18(16)26-17-9-2-1-3-10-17/h1-13,21H,14-15H2/t21-/m0/s1. The fourth-order valence-corrected chi connectivity index (χ4v) is 2.72. The molecular formula is C22H18O5. The van der Waals surface area contributed by atoms with Crippen molar-refractivity contribution in [3.8, 4) is 23.0 Å². The molecule has 0 unspecified atom stereocenters. The van der Waals surface area contributed by atoms with Gasteiger partial charge in [0, 0.05) is 5.56 Å². The molecule has 1 aliphatic heterocycles. The third kappa shape index (κ3) is 4.03. The molecule has 3 aromatic carbocycles. The highest BCUT2D eigenvalue weighted by atomic mass is 16.6. The fourth-order valence-electron chi connectivity index (χ4n) is 2.72. The first-order valence-corrected chi connectivity index (χ1v) is 8.65. The second-order valence-corrected chi connectivity index (χ2v) is 5.99. The van der Waals surface area contributed by atoms with Crippen LogP contribution in [0.3, 0.4) is 0 Å². The zero-order valence-electron chi connectivity index (χ0n) is 14.5. The van der Waals surface area contributed by atoms with Gasteiger partial charge in [0.2, 0.25) is 6.10 Å². The van der Waals surface area contributed by atoms with Crippen LogP contribution in [0.5, 0.6) is 23.0 Å². The Labute approximate surface area is 157 Å². The Morgan fingerprint density at radius 3 is 2.44 bits per heavy atom. The van der Waals surface area contributed by atoms with Crippen LogP contribution < -0.4 is 14.2 Å². The number of carbonyl (C=O) groups is 1. The number of carbonyl (C=O) groups excluding carboxylic acids is 1. The number of esters is 1. The summed E-state index contributed by atoms with van der Waals surface area (Å²) in [6, 6.07) is 24.1. The molecule has 0 N–H and O–H groups in total. The van der Waals surface area contributed by atoms with Crippen LogP contribution in [0.2, 0.25) is 0 Å². The van der Waals surface area contributed by atoms with Gasteiger partial charge in [-0.3, -0.25) is 0 Å². The minimum absolute atomic E-state index is 0.0867. The van der Waals surface area contributed by atoms with Crippen molar-refractivity contribution in [2.45, 2.75) is 12.7 Å². The Bertz CT molecular complexity index is 923. The van der Waals surface area contributed by atoms with Gasteiger partial charge < -0.3 is 18.9 Å². The van der Waals surface area contributed by atoms with E-state index in [2.05, 4.69) is 0 Å². The van der Waals surface area contributed by atoms with Crippen molar-refractivity contribution in [3.05, 3.63) is 84.4 Å². The molecule has 0 fully saturated rings. The van der Waals surface area contributed by atoms with Crippen LogP contribution >= 0.6 is 0 Å². The van der Waals surface area contributed by atoms with Crippen LogP contribution in [-0.4, -0.2) is 18.7 Å². The van der Waals surface area contributed by atoms with Gasteiger partial charge in [0.15, 0.2) is 11.5 Å². The molecule has 1 heterocycles. The average Bonchev–Trinajstić information content (AvgIpc) is 2.73. The van der Waals surface area contributed by atoms with Crippen molar-refractivity contribution in [1.82, 2.24) is 0 Å². The molecule has 0 amide bonds. The Hall–Kier alpha value is -3.47. The van der Waals surface area contributed by atoms with E-state index in [1.165, 1.54) is 0 Å². The van der Waals surface area contributed by atoms with E-state index in [1.807, 2.05) is 66.7 Å². The molecule has 0 aromatic heterocycles. The van der Waals surface area contributed by atoms with Crippen molar-refractivity contribution in [2.24, 2.45) is 0 Å². The lowest BCUT2D eigenvalue weighted by molar-refractivity contribution is -0.155. The van der Waals surface area contributed by atoms with E-state index in [1.54, 1.807) is 12.1 Å². The Kier molecular flexibility index (Phi) is 4.92. The minimum atomic E-state index is -0.790. The zero-order chi connectivity index (χ0) is 18.5. The lowest BCUT2D eigenvalue weighted by Crippen LogP contribution is -2.37. The summed E-state index contributed by atoms with van der Waals surface area (Å²) in [5.74, 6) is 2.06. The Morgan fingerprint density at radius 1 is 0.889 bits per heavy atom. The second-order valence-electron chi connectivity index (χ2n) is 5.99. The predicted molar refractivity (Wildman–Crippen MR) is 99.1 cm³/mol. The largest absolute Gasteiger partial charge is 0.485 e. The summed E-state index contributed by atoms with van der Waals surface area (Å²) >= 11 is 0. The highest BCUT2D eigenvalue weighted by molar-refractivity contribution is 5.76. The van der Waals surface area contributed by atoms with Gasteiger partial charge >= 0.3 is 5.97 Å². The van der Waals surface area contributed by atoms with Gasteiger partial charge in [-0.1, -0.05) is 48.5 Å². The molecule has 136 valence electrons. The third-order valence-corrected chi connectivity index (χ3v) is 4.09. The number of para-hydroxylation sites is 4. The highest BCUT2D eigenvalue weighted by Gasteiger charge is 2.28. The monoisotopic (exact) mass is 362 g/mol. The lowest BCUT2D eigenvalue weighted by atomic mass is 10.2. The SMILES string of the molecule is O=C(OCc1ccccc1Oc1ccccc1)[C@@H]1COc2ccccc2O1. The first kappa shape index (κ1) is 17.0. The van der Waals surface area contributed by atoms with Crippen LogP contribution in [-0.2, 0) is 16.1 Å². The molecule has 1 aliphatic rings. The summed E-state index contributed by atoms with van der Waals surface area (Å²) in [5.41, 5.74) is 0.770. The summed E-state index contributed by atoms with van der Waals surface area (Å²) in [7, 11) is 0. The summed E-state index contributed by atoms with van der Waals surface area (Å²) in [6.45, 7) is 0.210. The quantitative estimate of drug-likeness (QED) is 0.631. The van der Waals surface area contributed by atoms with E-state index >= 15 is 0 Å². The van der Waals surface area contributed by atoms with Crippen LogP contribution in [0.1, 0.15) is 5.56 Å². The lowest BCUT2D eigenvalue weighted by Gasteiger charge is -2.25. The molecule has 0 radical (unpaired) electrons. The van der Waals surface area contributed by atoms with E-state index in [9.17, 15) is 4.79 Å². The van der Waals surface area contributed by atoms with Crippen molar-refractivity contribution in [3.63, 3.8) is 0 Å². The smallest absolute Gasteiger partial charge is 0.351 e. The van der Waals surface area contributed by atoms with E-state index in [0.717, 1.165) is 11.3 Å². The Balaban J connectivity index is 1.40. The predicted octanol–water partition coefficient (Wildman–Crippen LogP) is 4.36. The Morgan fingerprint density at radius 2 is 1.59 bits per heavy atom. The number of ether oxygens (including phenoxy) is 4. The molecule has 0 aliphatic carbocycles. The first-order valence-electron chi connectivity index (χ1n) is 8.65. The van der Waals surface area contributed by atoms with Gasteiger partial charge in [0.1, 0.15) is 24.7 Å². The van der Waals surface area contributed by atoms with Crippen molar-refractivity contribution in [2.75, 3.05) is 6.61 Å². The van der Waals surface area contributed by atoms with Crippen LogP contribution in [0.4, 0.5) is 0 Å². The number of rotatable bonds is 5. The van der Waals surface area contributed by atoms with Gasteiger partial charge in [-0.25, -0.2) is 4.79 Å². The molecule has 0 saturated carbocycles. The third-order valence-electron chi connectivity index (χ3n) is 4.09. The molecule has 3 aromatic rings. The molecule has 0 bridgehead atoms. The van der Waals surface area contributed by atoms with E-state index in [-0.39, 0.29) is 13.2 Å². The zero-order valence-corrected chi connectivity index (χ0v) is 14.5. The average molecular weight is 362 g/mol. The van der Waals surface area contributed by atoms with E-state index in [4.69, 9.17) is 18.9 Å². The maximum absolute atomic E-state index is 12.4. The van der Waals surface area contributed by atoms with Gasteiger partial charge in [0.25, 0.3) is 0 Å². The molecule has 5 heteroatoms. The van der Waals surface area contributed by atoms with Crippen LogP contribution in [0.25, 0.3) is 0 Å². The second kappa shape index (κ2) is 7.83. The molecule has 1 atom stereocenters. The topological polar surface area (TPSA) is 54.0 Å². The molecule has 27 heavy (non-hydrogen) atoms. The number of hydrogen-bond donors (Lipinski definition) is 0. The van der Waals surface area contributed by atoms with E-state index in [0.29, 0.717) is 17.2 Å². The van der Waals surface area contributed by atoms with Gasteiger partial charge in [-0.2, -0.15) is 0 Å². The van der Waals surface area contributed by atoms with E-state index < -0.39 is 12.1 Å². The van der Waals surface area contributed by atoms with Gasteiger partial charge in [-0.15, -0.1) is 0 Å². The minimum Gasteiger partial charge on any atom is -0.485 e. The number of benzene rings is 3. The number of fused-ring (bicyclic) bond motifs is 1. The summed E-state index contributed by atoms with van der Waals surface area (Å²) in [5, 5.41) is 0. The fraction of sp³-hybridized carbons (Fsp3) is 0.136. The summed E-state index contributed by atoms with van der Waals surface area (Å²) < 4.78 is 22.6. The van der Waals surface area contributed by atoms with Gasteiger partial charge in [-0.05, 0) is 30.3 Å². The summed E-state index contributed by atoms with van der Waals surface area (Å²) in [6.07, 6.45) is -0.790. The maximum atomic E-state index is 12.4. The normalized spacial score (nSPS) is 15.0. The molecule has 4 rings (SSSR count). The van der Waals surface area contributed by atoms with Crippen LogP contribution in [0.15, 0.2) is 78.9 Å². The molecule has 0 spiro atoms. The molecular weight excluding hydrogens is 344 g/mol. The first-order chi connectivity index (χ1) is 13.3. The van der Waals surface area contributed by atoms with Crippen molar-refractivity contribution < 1.29 is 23.7 Å². The van der Waals surface area contributed by atoms with Crippen molar-refractivity contribution >= 4 is 5.97 Å². The maximum Gasteiger partial charge on any atom is 0.351 e. The molecule has 0 saturated heterocycles. The molecule has 5 nitrogen and oxygen atoms in total.